The van der Waals surface area contributed by atoms with E-state index >= 15 is 0 Å². The van der Waals surface area contributed by atoms with E-state index in [4.69, 9.17) is 4.74 Å². The van der Waals surface area contributed by atoms with Crippen molar-refractivity contribution in [1.29, 1.82) is 0 Å². The summed E-state index contributed by atoms with van der Waals surface area (Å²) in [6, 6.07) is 15.5. The molecule has 0 aliphatic heterocycles. The first-order valence-corrected chi connectivity index (χ1v) is 7.62. The van der Waals surface area contributed by atoms with E-state index < -0.39 is 0 Å². The van der Waals surface area contributed by atoms with E-state index in [1.54, 1.807) is 0 Å². The minimum Gasteiger partial charge on any atom is -0.493 e. The van der Waals surface area contributed by atoms with Gasteiger partial charge in [-0.1, -0.05) is 44.2 Å². The Balaban J connectivity index is 1.97. The van der Waals surface area contributed by atoms with Crippen molar-refractivity contribution in [3.05, 3.63) is 59.7 Å². The first-order valence-electron chi connectivity index (χ1n) is 7.62. The number of amides is 1. The smallest absolute Gasteiger partial charge is 0.228 e. The number of rotatable bonds is 6. The molecule has 1 amide bonds. The van der Waals surface area contributed by atoms with Crippen LogP contribution in [0.25, 0.3) is 0 Å². The van der Waals surface area contributed by atoms with Gasteiger partial charge in [0.1, 0.15) is 5.75 Å². The molecule has 22 heavy (non-hydrogen) atoms. The molecule has 0 aromatic heterocycles. The number of nitrogens with one attached hydrogen (secondary N) is 1. The van der Waals surface area contributed by atoms with Crippen molar-refractivity contribution in [2.45, 2.75) is 27.2 Å². The molecule has 2 rings (SSSR count). The van der Waals surface area contributed by atoms with Crippen molar-refractivity contribution in [3.8, 4) is 5.75 Å². The van der Waals surface area contributed by atoms with Crippen LogP contribution < -0.4 is 10.1 Å². The Morgan fingerprint density at radius 2 is 1.91 bits per heavy atom. The predicted molar refractivity (Wildman–Crippen MR) is 90.3 cm³/mol. The van der Waals surface area contributed by atoms with E-state index in [-0.39, 0.29) is 5.91 Å². The Bertz CT molecular complexity index is 635. The number of benzene rings is 2. The monoisotopic (exact) mass is 297 g/mol. The highest BCUT2D eigenvalue weighted by atomic mass is 16.5. The van der Waals surface area contributed by atoms with Crippen LogP contribution in [0.3, 0.4) is 0 Å². The lowest BCUT2D eigenvalue weighted by molar-refractivity contribution is -0.115. The molecular weight excluding hydrogens is 274 g/mol. The second kappa shape index (κ2) is 7.64. The predicted octanol–water partition coefficient (Wildman–Crippen LogP) is 4.21. The number of carbonyl (C=O) groups excluding carboxylic acids is 1. The molecule has 0 radical (unpaired) electrons. The van der Waals surface area contributed by atoms with Crippen LogP contribution in [-0.2, 0) is 11.2 Å². The molecule has 0 heterocycles. The van der Waals surface area contributed by atoms with E-state index in [9.17, 15) is 4.79 Å². The zero-order valence-corrected chi connectivity index (χ0v) is 13.4. The maximum atomic E-state index is 12.2. The molecule has 0 saturated heterocycles. The van der Waals surface area contributed by atoms with Crippen LogP contribution in [-0.4, -0.2) is 12.5 Å². The van der Waals surface area contributed by atoms with Crippen LogP contribution in [0.4, 0.5) is 5.69 Å². The average Bonchev–Trinajstić information content (AvgIpc) is 2.48. The molecule has 0 fully saturated rings. The van der Waals surface area contributed by atoms with Gasteiger partial charge in [-0.2, -0.15) is 0 Å². The molecule has 0 spiro atoms. The largest absolute Gasteiger partial charge is 0.493 e. The van der Waals surface area contributed by atoms with Crippen LogP contribution in [0.2, 0.25) is 0 Å². The van der Waals surface area contributed by atoms with E-state index in [2.05, 4.69) is 19.2 Å². The number of hydrogen-bond donors (Lipinski definition) is 1. The maximum Gasteiger partial charge on any atom is 0.228 e. The minimum absolute atomic E-state index is 0.0182. The van der Waals surface area contributed by atoms with E-state index in [1.807, 2.05) is 55.5 Å². The fourth-order valence-corrected chi connectivity index (χ4v) is 2.11. The summed E-state index contributed by atoms with van der Waals surface area (Å²) < 4.78 is 5.68. The summed E-state index contributed by atoms with van der Waals surface area (Å²) in [6.07, 6.45) is 0.379. The van der Waals surface area contributed by atoms with Crippen molar-refractivity contribution in [3.63, 3.8) is 0 Å². The second-order valence-electron chi connectivity index (χ2n) is 5.88. The summed E-state index contributed by atoms with van der Waals surface area (Å²) in [5.74, 6) is 1.23. The lowest BCUT2D eigenvalue weighted by Crippen LogP contribution is -2.15. The number of carbonyl (C=O) groups is 1. The Kier molecular flexibility index (Phi) is 5.59. The standard InChI is InChI=1S/C19H23NO2/c1-14(2)13-22-18-10-6-9-17(12-18)20-19(21)11-16-8-5-4-7-15(16)3/h4-10,12,14H,11,13H2,1-3H3,(H,20,21). The molecule has 3 nitrogen and oxygen atoms in total. The molecule has 2 aromatic rings. The third-order valence-electron chi connectivity index (χ3n) is 3.31. The van der Waals surface area contributed by atoms with Crippen molar-refractivity contribution >= 4 is 11.6 Å². The molecule has 3 heteroatoms. The molecule has 0 aliphatic carbocycles. The minimum atomic E-state index is -0.0182. The van der Waals surface area contributed by atoms with Gasteiger partial charge in [0, 0.05) is 11.8 Å². The molecule has 0 atom stereocenters. The summed E-state index contributed by atoms with van der Waals surface area (Å²) in [6.45, 7) is 6.89. The van der Waals surface area contributed by atoms with Crippen LogP contribution >= 0.6 is 0 Å². The molecule has 116 valence electrons. The molecule has 0 unspecified atom stereocenters. The van der Waals surface area contributed by atoms with Crippen molar-refractivity contribution in [2.75, 3.05) is 11.9 Å². The maximum absolute atomic E-state index is 12.2. The van der Waals surface area contributed by atoms with Gasteiger partial charge in [-0.15, -0.1) is 0 Å². The summed E-state index contributed by atoms with van der Waals surface area (Å²) in [4.78, 5) is 12.2. The fraction of sp³-hybridized carbons (Fsp3) is 0.316. The van der Waals surface area contributed by atoms with Crippen LogP contribution in [0, 0.1) is 12.8 Å². The Hall–Kier alpha value is -2.29. The molecular formula is C19H23NO2. The first kappa shape index (κ1) is 16.1. The van der Waals surface area contributed by atoms with Gasteiger partial charge in [-0.25, -0.2) is 0 Å². The normalized spacial score (nSPS) is 10.5. The highest BCUT2D eigenvalue weighted by Crippen LogP contribution is 2.18. The van der Waals surface area contributed by atoms with E-state index in [0.29, 0.717) is 18.9 Å². The number of ether oxygens (including phenoxy) is 1. The Morgan fingerprint density at radius 1 is 1.14 bits per heavy atom. The van der Waals surface area contributed by atoms with Gasteiger partial charge >= 0.3 is 0 Å². The molecule has 0 aliphatic rings. The summed E-state index contributed by atoms with van der Waals surface area (Å²) >= 11 is 0. The fourth-order valence-electron chi connectivity index (χ4n) is 2.11. The highest BCUT2D eigenvalue weighted by molar-refractivity contribution is 5.92. The molecule has 0 saturated carbocycles. The van der Waals surface area contributed by atoms with Gasteiger partial charge in [-0.05, 0) is 36.1 Å². The van der Waals surface area contributed by atoms with E-state index in [1.165, 1.54) is 0 Å². The van der Waals surface area contributed by atoms with Gasteiger partial charge < -0.3 is 10.1 Å². The molecule has 1 N–H and O–H groups in total. The third-order valence-corrected chi connectivity index (χ3v) is 3.31. The third kappa shape index (κ3) is 4.92. The Morgan fingerprint density at radius 3 is 2.64 bits per heavy atom. The van der Waals surface area contributed by atoms with E-state index in [0.717, 1.165) is 22.6 Å². The number of anilines is 1. The van der Waals surface area contributed by atoms with Crippen LogP contribution in [0.5, 0.6) is 5.75 Å². The van der Waals surface area contributed by atoms with Gasteiger partial charge in [-0.3, -0.25) is 4.79 Å². The van der Waals surface area contributed by atoms with Crippen molar-refractivity contribution < 1.29 is 9.53 Å². The topological polar surface area (TPSA) is 38.3 Å². The number of aryl methyl sites for hydroxylation is 1. The van der Waals surface area contributed by atoms with Crippen molar-refractivity contribution in [1.82, 2.24) is 0 Å². The quantitative estimate of drug-likeness (QED) is 0.867. The summed E-state index contributed by atoms with van der Waals surface area (Å²) in [7, 11) is 0. The van der Waals surface area contributed by atoms with Crippen molar-refractivity contribution in [2.24, 2.45) is 5.92 Å². The van der Waals surface area contributed by atoms with Crippen LogP contribution in [0.15, 0.2) is 48.5 Å². The SMILES string of the molecule is Cc1ccccc1CC(=O)Nc1cccc(OCC(C)C)c1. The zero-order valence-electron chi connectivity index (χ0n) is 13.4. The lowest BCUT2D eigenvalue weighted by atomic mass is 10.1. The number of hydrogen-bond acceptors (Lipinski definition) is 2. The lowest BCUT2D eigenvalue weighted by Gasteiger charge is -2.11. The van der Waals surface area contributed by atoms with Gasteiger partial charge in [0.05, 0.1) is 13.0 Å². The van der Waals surface area contributed by atoms with Gasteiger partial charge in [0.25, 0.3) is 0 Å². The molecule has 2 aromatic carbocycles. The Labute approximate surface area is 132 Å². The molecule has 0 bridgehead atoms. The first-order chi connectivity index (χ1) is 10.5. The highest BCUT2D eigenvalue weighted by Gasteiger charge is 2.07. The second-order valence-corrected chi connectivity index (χ2v) is 5.88. The average molecular weight is 297 g/mol. The zero-order chi connectivity index (χ0) is 15.9. The van der Waals surface area contributed by atoms with Gasteiger partial charge in [0.2, 0.25) is 5.91 Å². The summed E-state index contributed by atoms with van der Waals surface area (Å²) in [5.41, 5.74) is 2.94. The van der Waals surface area contributed by atoms with Gasteiger partial charge in [0.15, 0.2) is 0 Å². The summed E-state index contributed by atoms with van der Waals surface area (Å²) in [5, 5.41) is 2.93. The van der Waals surface area contributed by atoms with Crippen LogP contribution in [0.1, 0.15) is 25.0 Å².